The van der Waals surface area contributed by atoms with E-state index in [1.54, 1.807) is 26.1 Å². The number of carbonyl (C=O) groups is 1. The summed E-state index contributed by atoms with van der Waals surface area (Å²) < 4.78 is 27.5. The first-order valence-corrected chi connectivity index (χ1v) is 8.25. The van der Waals surface area contributed by atoms with E-state index in [1.807, 2.05) is 0 Å². The highest BCUT2D eigenvalue weighted by Gasteiger charge is 2.24. The molecule has 3 aromatic rings. The first kappa shape index (κ1) is 18.1. The molecule has 0 saturated carbocycles. The Morgan fingerprint density at radius 2 is 1.62 bits per heavy atom. The molecule has 4 nitrogen and oxygen atoms in total. The summed E-state index contributed by atoms with van der Waals surface area (Å²) in [6, 6.07) is 11.6. The number of benzene rings is 2. The van der Waals surface area contributed by atoms with Crippen LogP contribution in [0, 0.1) is 18.6 Å². The van der Waals surface area contributed by atoms with Gasteiger partial charge in [-0.05, 0) is 48.9 Å². The highest BCUT2D eigenvalue weighted by Crippen LogP contribution is 2.25. The van der Waals surface area contributed by atoms with Crippen molar-refractivity contribution in [2.45, 2.75) is 13.5 Å². The molecule has 0 fully saturated rings. The minimum atomic E-state index is -0.371. The zero-order valence-electron chi connectivity index (χ0n) is 14.2. The van der Waals surface area contributed by atoms with Gasteiger partial charge in [-0.3, -0.25) is 4.79 Å². The van der Waals surface area contributed by atoms with Gasteiger partial charge in [0.05, 0.1) is 16.9 Å². The predicted octanol–water partition coefficient (Wildman–Crippen LogP) is 4.38. The number of amides is 1. The molecule has 0 aliphatic heterocycles. The Morgan fingerprint density at radius 1 is 1.08 bits per heavy atom. The lowest BCUT2D eigenvalue weighted by Crippen LogP contribution is -2.26. The Labute approximate surface area is 154 Å². The molecule has 0 bridgehead atoms. The zero-order chi connectivity index (χ0) is 18.8. The molecule has 3 rings (SSSR count). The van der Waals surface area contributed by atoms with E-state index in [1.165, 1.54) is 46.0 Å². The number of carbonyl (C=O) groups excluding carboxylic acids is 1. The largest absolute Gasteiger partial charge is 0.337 e. The summed E-state index contributed by atoms with van der Waals surface area (Å²) in [5.41, 5.74) is 2.09. The van der Waals surface area contributed by atoms with Crippen LogP contribution in [-0.4, -0.2) is 27.6 Å². The maximum Gasteiger partial charge on any atom is 0.258 e. The van der Waals surface area contributed by atoms with Crippen molar-refractivity contribution < 1.29 is 13.6 Å². The van der Waals surface area contributed by atoms with E-state index in [-0.39, 0.29) is 28.3 Å². The van der Waals surface area contributed by atoms with Crippen LogP contribution in [0.25, 0.3) is 5.69 Å². The van der Waals surface area contributed by atoms with E-state index in [2.05, 4.69) is 5.10 Å². The molecule has 0 aliphatic rings. The van der Waals surface area contributed by atoms with E-state index in [4.69, 9.17) is 11.6 Å². The molecule has 0 radical (unpaired) electrons. The van der Waals surface area contributed by atoms with E-state index < -0.39 is 0 Å². The second-order valence-corrected chi connectivity index (χ2v) is 6.29. The Bertz CT molecular complexity index is 937. The van der Waals surface area contributed by atoms with E-state index in [9.17, 15) is 13.6 Å². The maximum atomic E-state index is 13.1. The highest BCUT2D eigenvalue weighted by molar-refractivity contribution is 6.33. The summed E-state index contributed by atoms with van der Waals surface area (Å²) in [4.78, 5) is 14.3. The number of hydrogen-bond acceptors (Lipinski definition) is 2. The van der Waals surface area contributed by atoms with Crippen LogP contribution in [0.4, 0.5) is 8.78 Å². The van der Waals surface area contributed by atoms with Gasteiger partial charge in [0.2, 0.25) is 0 Å². The fraction of sp³-hybridized carbons (Fsp3) is 0.158. The van der Waals surface area contributed by atoms with Crippen molar-refractivity contribution in [1.29, 1.82) is 0 Å². The predicted molar refractivity (Wildman–Crippen MR) is 95.5 cm³/mol. The summed E-state index contributed by atoms with van der Waals surface area (Å²) in [6.07, 6.45) is 0. The summed E-state index contributed by atoms with van der Waals surface area (Å²) in [5, 5.41) is 4.45. The van der Waals surface area contributed by atoms with Crippen molar-refractivity contribution >= 4 is 17.5 Å². The number of rotatable bonds is 4. The molecule has 1 heterocycles. The quantitative estimate of drug-likeness (QED) is 0.678. The van der Waals surface area contributed by atoms with Crippen LogP contribution in [0.5, 0.6) is 0 Å². The zero-order valence-corrected chi connectivity index (χ0v) is 15.0. The van der Waals surface area contributed by atoms with Crippen molar-refractivity contribution in [1.82, 2.24) is 14.7 Å². The molecular formula is C19H16ClF2N3O. The summed E-state index contributed by atoms with van der Waals surface area (Å²) in [7, 11) is 1.64. The Balaban J connectivity index is 1.87. The van der Waals surface area contributed by atoms with Gasteiger partial charge in [0.1, 0.15) is 16.8 Å². The maximum absolute atomic E-state index is 13.1. The number of aromatic nitrogens is 2. The highest BCUT2D eigenvalue weighted by atomic mass is 35.5. The van der Waals surface area contributed by atoms with Crippen LogP contribution in [0.2, 0.25) is 5.15 Å². The van der Waals surface area contributed by atoms with Gasteiger partial charge in [0.15, 0.2) is 0 Å². The minimum absolute atomic E-state index is 0.157. The van der Waals surface area contributed by atoms with Crippen molar-refractivity contribution in [3.8, 4) is 5.69 Å². The number of halogens is 3. The lowest BCUT2D eigenvalue weighted by atomic mass is 10.2. The number of hydrogen-bond donors (Lipinski definition) is 0. The molecule has 134 valence electrons. The molecule has 0 spiro atoms. The minimum Gasteiger partial charge on any atom is -0.337 e. The average molecular weight is 376 g/mol. The first-order valence-electron chi connectivity index (χ1n) is 7.88. The van der Waals surface area contributed by atoms with Crippen LogP contribution < -0.4 is 0 Å². The van der Waals surface area contributed by atoms with Crippen LogP contribution in [0.15, 0.2) is 48.5 Å². The smallest absolute Gasteiger partial charge is 0.258 e. The molecule has 0 atom stereocenters. The molecule has 26 heavy (non-hydrogen) atoms. The molecule has 2 aromatic carbocycles. The van der Waals surface area contributed by atoms with E-state index in [0.29, 0.717) is 17.9 Å². The fourth-order valence-electron chi connectivity index (χ4n) is 2.62. The Morgan fingerprint density at radius 3 is 2.19 bits per heavy atom. The number of nitrogens with zero attached hydrogens (tertiary/aromatic N) is 3. The molecule has 1 amide bonds. The van der Waals surface area contributed by atoms with Gasteiger partial charge in [-0.2, -0.15) is 5.10 Å². The van der Waals surface area contributed by atoms with Gasteiger partial charge in [0.25, 0.3) is 5.91 Å². The topological polar surface area (TPSA) is 38.1 Å². The van der Waals surface area contributed by atoms with E-state index in [0.717, 1.165) is 5.56 Å². The van der Waals surface area contributed by atoms with Crippen molar-refractivity contribution in [2.24, 2.45) is 0 Å². The van der Waals surface area contributed by atoms with Gasteiger partial charge in [-0.15, -0.1) is 0 Å². The first-order chi connectivity index (χ1) is 12.4. The van der Waals surface area contributed by atoms with Crippen molar-refractivity contribution in [3.05, 3.63) is 82.1 Å². The van der Waals surface area contributed by atoms with Crippen LogP contribution in [-0.2, 0) is 6.54 Å². The van der Waals surface area contributed by atoms with E-state index >= 15 is 0 Å². The second kappa shape index (κ2) is 7.25. The fourth-order valence-corrected chi connectivity index (χ4v) is 2.97. The summed E-state index contributed by atoms with van der Waals surface area (Å²) in [5.74, 6) is -1.00. The van der Waals surface area contributed by atoms with Crippen molar-refractivity contribution in [2.75, 3.05) is 7.05 Å². The van der Waals surface area contributed by atoms with Gasteiger partial charge < -0.3 is 4.90 Å². The normalized spacial score (nSPS) is 10.8. The van der Waals surface area contributed by atoms with Crippen LogP contribution in [0.3, 0.4) is 0 Å². The van der Waals surface area contributed by atoms with Crippen LogP contribution in [0.1, 0.15) is 21.6 Å². The second-order valence-electron chi connectivity index (χ2n) is 5.93. The van der Waals surface area contributed by atoms with Gasteiger partial charge >= 0.3 is 0 Å². The standard InChI is InChI=1S/C19H16ClF2N3O/c1-12-17(18(20)25(23-12)16-9-7-15(22)8-10-16)19(26)24(2)11-13-3-5-14(21)6-4-13/h3-10H,11H2,1-2H3. The lowest BCUT2D eigenvalue weighted by Gasteiger charge is -2.17. The van der Waals surface area contributed by atoms with Gasteiger partial charge in [-0.25, -0.2) is 13.5 Å². The SMILES string of the molecule is Cc1nn(-c2ccc(F)cc2)c(Cl)c1C(=O)N(C)Cc1ccc(F)cc1. The Kier molecular flexibility index (Phi) is 5.04. The lowest BCUT2D eigenvalue weighted by molar-refractivity contribution is 0.0784. The van der Waals surface area contributed by atoms with Gasteiger partial charge in [0, 0.05) is 13.6 Å². The molecule has 0 unspecified atom stereocenters. The Hall–Kier alpha value is -2.73. The monoisotopic (exact) mass is 375 g/mol. The third kappa shape index (κ3) is 3.60. The summed E-state index contributed by atoms with van der Waals surface area (Å²) in [6.45, 7) is 1.99. The average Bonchev–Trinajstić information content (AvgIpc) is 2.91. The van der Waals surface area contributed by atoms with Crippen LogP contribution >= 0.6 is 11.6 Å². The third-order valence-electron chi connectivity index (χ3n) is 3.97. The molecule has 0 saturated heterocycles. The van der Waals surface area contributed by atoms with Crippen molar-refractivity contribution in [3.63, 3.8) is 0 Å². The molecule has 7 heteroatoms. The molecule has 0 aliphatic carbocycles. The van der Waals surface area contributed by atoms with Gasteiger partial charge in [-0.1, -0.05) is 23.7 Å². The number of aryl methyl sites for hydroxylation is 1. The third-order valence-corrected chi connectivity index (χ3v) is 4.32. The molecule has 0 N–H and O–H groups in total. The molecular weight excluding hydrogens is 360 g/mol. The molecule has 1 aromatic heterocycles. The summed E-state index contributed by atoms with van der Waals surface area (Å²) >= 11 is 6.38.